The lowest BCUT2D eigenvalue weighted by Crippen LogP contribution is -2.37. The molecule has 0 N–H and O–H groups in total. The van der Waals surface area contributed by atoms with E-state index in [0.717, 1.165) is 5.56 Å². The summed E-state index contributed by atoms with van der Waals surface area (Å²) in [5, 5.41) is 4.64. The molecule has 1 heterocycles. The van der Waals surface area contributed by atoms with Gasteiger partial charge in [0.05, 0.1) is 20.8 Å². The number of amides is 1. The van der Waals surface area contributed by atoms with Crippen LogP contribution >= 0.6 is 11.6 Å². The number of benzene rings is 2. The third-order valence-electron chi connectivity index (χ3n) is 4.65. The molecule has 0 aliphatic heterocycles. The van der Waals surface area contributed by atoms with Crippen LogP contribution in [0, 0.1) is 6.92 Å². The molecule has 31 heavy (non-hydrogen) atoms. The molecular formula is C22H24ClN3O5. The van der Waals surface area contributed by atoms with Crippen molar-refractivity contribution in [3.05, 3.63) is 52.9 Å². The first-order valence-electron chi connectivity index (χ1n) is 9.55. The van der Waals surface area contributed by atoms with Gasteiger partial charge in [0.2, 0.25) is 11.7 Å². The Morgan fingerprint density at radius 3 is 2.58 bits per heavy atom. The molecule has 2 aromatic carbocycles. The van der Waals surface area contributed by atoms with Crippen LogP contribution in [0.5, 0.6) is 17.2 Å². The number of carbonyl (C=O) groups is 1. The molecule has 0 fully saturated rings. The Morgan fingerprint density at radius 2 is 1.90 bits per heavy atom. The third-order valence-corrected chi connectivity index (χ3v) is 5.07. The summed E-state index contributed by atoms with van der Waals surface area (Å²) in [6.07, 6.45) is -0.696. The average Bonchev–Trinajstić information content (AvgIpc) is 3.23. The number of aryl methyl sites for hydroxylation is 1. The van der Waals surface area contributed by atoms with Crippen molar-refractivity contribution in [2.75, 3.05) is 21.3 Å². The van der Waals surface area contributed by atoms with Gasteiger partial charge in [0, 0.05) is 17.6 Å². The molecule has 0 aliphatic carbocycles. The number of hydrogen-bond donors (Lipinski definition) is 0. The van der Waals surface area contributed by atoms with Crippen LogP contribution in [0.15, 0.2) is 40.9 Å². The maximum absolute atomic E-state index is 12.7. The van der Waals surface area contributed by atoms with Crippen molar-refractivity contribution in [3.8, 4) is 28.6 Å². The van der Waals surface area contributed by atoms with Crippen molar-refractivity contribution in [3.63, 3.8) is 0 Å². The number of nitrogens with zero attached hydrogens (tertiary/aromatic N) is 3. The molecule has 1 atom stereocenters. The molecule has 3 rings (SSSR count). The van der Waals surface area contributed by atoms with Crippen LogP contribution in [0.25, 0.3) is 11.4 Å². The molecule has 9 heteroatoms. The van der Waals surface area contributed by atoms with Crippen LogP contribution in [-0.4, -0.2) is 48.3 Å². The lowest BCUT2D eigenvalue weighted by molar-refractivity contribution is -0.137. The van der Waals surface area contributed by atoms with Crippen molar-refractivity contribution < 1.29 is 23.5 Å². The van der Waals surface area contributed by atoms with Gasteiger partial charge < -0.3 is 23.6 Å². The number of methoxy groups -OCH3 is 2. The SMILES string of the molecule is COc1ccc(-c2noc(CN(C)C(=O)[C@@H](C)Oc3ccc(Cl)c(C)c3)n2)cc1OC. The first-order chi connectivity index (χ1) is 14.8. The van der Waals surface area contributed by atoms with E-state index in [9.17, 15) is 4.79 Å². The van der Waals surface area contributed by atoms with Gasteiger partial charge in [-0.25, -0.2) is 0 Å². The van der Waals surface area contributed by atoms with E-state index in [-0.39, 0.29) is 12.5 Å². The van der Waals surface area contributed by atoms with Gasteiger partial charge in [0.25, 0.3) is 5.91 Å². The van der Waals surface area contributed by atoms with E-state index in [2.05, 4.69) is 10.1 Å². The van der Waals surface area contributed by atoms with E-state index < -0.39 is 6.10 Å². The van der Waals surface area contributed by atoms with Gasteiger partial charge in [0.15, 0.2) is 17.6 Å². The molecule has 164 valence electrons. The number of halogens is 1. The zero-order valence-corrected chi connectivity index (χ0v) is 18.8. The van der Waals surface area contributed by atoms with Crippen LogP contribution in [0.2, 0.25) is 5.02 Å². The first-order valence-corrected chi connectivity index (χ1v) is 9.93. The molecule has 0 radical (unpaired) electrons. The van der Waals surface area contributed by atoms with Crippen molar-refractivity contribution in [1.82, 2.24) is 15.0 Å². The number of likely N-dealkylation sites (N-methyl/N-ethyl adjacent to an activating group) is 1. The van der Waals surface area contributed by atoms with Gasteiger partial charge in [-0.05, 0) is 55.8 Å². The van der Waals surface area contributed by atoms with Crippen molar-refractivity contribution in [1.29, 1.82) is 0 Å². The van der Waals surface area contributed by atoms with Crippen LogP contribution in [-0.2, 0) is 11.3 Å². The minimum atomic E-state index is -0.696. The standard InChI is InChI=1S/C22H24ClN3O5/c1-13-10-16(7-8-17(13)23)30-14(2)22(27)26(3)12-20-24-21(25-31-20)15-6-9-18(28-4)19(11-15)29-5/h6-11,14H,12H2,1-5H3/t14-/m1/s1. The van der Waals surface area contributed by atoms with E-state index in [1.54, 1.807) is 64.6 Å². The Kier molecular flexibility index (Phi) is 7.02. The highest BCUT2D eigenvalue weighted by atomic mass is 35.5. The summed E-state index contributed by atoms with van der Waals surface area (Å²) in [6.45, 7) is 3.71. The van der Waals surface area contributed by atoms with Crippen LogP contribution in [0.3, 0.4) is 0 Å². The monoisotopic (exact) mass is 445 g/mol. The molecule has 3 aromatic rings. The fraction of sp³-hybridized carbons (Fsp3) is 0.318. The largest absolute Gasteiger partial charge is 0.493 e. The molecule has 0 aliphatic rings. The zero-order valence-electron chi connectivity index (χ0n) is 18.0. The Balaban J connectivity index is 1.65. The topological polar surface area (TPSA) is 86.9 Å². The van der Waals surface area contributed by atoms with Gasteiger partial charge in [-0.1, -0.05) is 16.8 Å². The summed E-state index contributed by atoms with van der Waals surface area (Å²) in [6, 6.07) is 10.6. The Morgan fingerprint density at radius 1 is 1.16 bits per heavy atom. The quantitative estimate of drug-likeness (QED) is 0.514. The second kappa shape index (κ2) is 9.70. The highest BCUT2D eigenvalue weighted by Crippen LogP contribution is 2.31. The number of ether oxygens (including phenoxy) is 3. The minimum absolute atomic E-state index is 0.145. The summed E-state index contributed by atoms with van der Waals surface area (Å²) in [5.41, 5.74) is 1.58. The summed E-state index contributed by atoms with van der Waals surface area (Å²) < 4.78 is 21.6. The van der Waals surface area contributed by atoms with Gasteiger partial charge in [-0.2, -0.15) is 4.98 Å². The lowest BCUT2D eigenvalue weighted by atomic mass is 10.2. The van der Waals surface area contributed by atoms with Crippen molar-refractivity contribution in [2.45, 2.75) is 26.5 Å². The molecule has 0 unspecified atom stereocenters. The fourth-order valence-corrected chi connectivity index (χ4v) is 3.07. The molecule has 0 saturated heterocycles. The number of carbonyl (C=O) groups excluding carboxylic acids is 1. The molecule has 0 bridgehead atoms. The Hall–Kier alpha value is -3.26. The smallest absolute Gasteiger partial charge is 0.263 e. The highest BCUT2D eigenvalue weighted by molar-refractivity contribution is 6.31. The summed E-state index contributed by atoms with van der Waals surface area (Å²) >= 11 is 6.03. The first kappa shape index (κ1) is 22.4. The summed E-state index contributed by atoms with van der Waals surface area (Å²) in [5.74, 6) is 2.20. The molecule has 0 saturated carbocycles. The van der Waals surface area contributed by atoms with Gasteiger partial charge in [-0.3, -0.25) is 4.79 Å². The lowest BCUT2D eigenvalue weighted by Gasteiger charge is -2.21. The summed E-state index contributed by atoms with van der Waals surface area (Å²) in [7, 11) is 4.77. The van der Waals surface area contributed by atoms with Gasteiger partial charge >= 0.3 is 0 Å². The minimum Gasteiger partial charge on any atom is -0.493 e. The van der Waals surface area contributed by atoms with Crippen molar-refractivity contribution in [2.24, 2.45) is 0 Å². The number of hydrogen-bond acceptors (Lipinski definition) is 7. The van der Waals surface area contributed by atoms with E-state index >= 15 is 0 Å². The van der Waals surface area contributed by atoms with E-state index in [1.165, 1.54) is 4.90 Å². The molecule has 1 aromatic heterocycles. The van der Waals surface area contributed by atoms with E-state index in [0.29, 0.717) is 39.5 Å². The zero-order chi connectivity index (χ0) is 22.5. The van der Waals surface area contributed by atoms with Crippen LogP contribution < -0.4 is 14.2 Å². The number of aromatic nitrogens is 2. The van der Waals surface area contributed by atoms with Crippen LogP contribution in [0.4, 0.5) is 0 Å². The molecule has 8 nitrogen and oxygen atoms in total. The van der Waals surface area contributed by atoms with E-state index in [4.69, 9.17) is 30.3 Å². The molecular weight excluding hydrogens is 422 g/mol. The predicted octanol–water partition coefficient (Wildman–Crippen LogP) is 4.14. The van der Waals surface area contributed by atoms with Crippen molar-refractivity contribution >= 4 is 17.5 Å². The van der Waals surface area contributed by atoms with E-state index in [1.807, 2.05) is 6.92 Å². The second-order valence-corrected chi connectivity index (χ2v) is 7.35. The normalized spacial score (nSPS) is 11.7. The Bertz CT molecular complexity index is 1070. The highest BCUT2D eigenvalue weighted by Gasteiger charge is 2.22. The maximum atomic E-state index is 12.7. The Labute approximate surface area is 185 Å². The third kappa shape index (κ3) is 5.27. The predicted molar refractivity (Wildman–Crippen MR) is 116 cm³/mol. The fourth-order valence-electron chi connectivity index (χ4n) is 2.95. The average molecular weight is 446 g/mol. The van der Waals surface area contributed by atoms with Gasteiger partial charge in [0.1, 0.15) is 5.75 Å². The van der Waals surface area contributed by atoms with Crippen LogP contribution in [0.1, 0.15) is 18.4 Å². The van der Waals surface area contributed by atoms with Gasteiger partial charge in [-0.15, -0.1) is 0 Å². The second-order valence-electron chi connectivity index (χ2n) is 6.95. The molecule has 0 spiro atoms. The molecule has 1 amide bonds. The maximum Gasteiger partial charge on any atom is 0.263 e. The number of rotatable bonds is 8. The summed E-state index contributed by atoms with van der Waals surface area (Å²) in [4.78, 5) is 18.5.